The molecule has 0 unspecified atom stereocenters. The molecule has 1 saturated heterocycles. The SMILES string of the molecule is CC(C)(C)CC1(O)CCN(C(=O)c2ccc(NS(=O)(=O)c3cccc4cccnc34)cc2)CC1. The van der Waals surface area contributed by atoms with Crippen LogP contribution in [0.5, 0.6) is 0 Å². The van der Waals surface area contributed by atoms with Crippen LogP contribution in [0.2, 0.25) is 0 Å². The van der Waals surface area contributed by atoms with E-state index in [1.165, 1.54) is 6.07 Å². The zero-order chi connectivity index (χ0) is 24.6. The molecule has 0 radical (unpaired) electrons. The van der Waals surface area contributed by atoms with Gasteiger partial charge in [-0.05, 0) is 61.1 Å². The van der Waals surface area contributed by atoms with E-state index in [9.17, 15) is 18.3 Å². The van der Waals surface area contributed by atoms with Crippen LogP contribution in [0.4, 0.5) is 5.69 Å². The second-order valence-electron chi connectivity index (χ2n) is 10.3. The first kappa shape index (κ1) is 24.2. The maximum atomic E-state index is 13.0. The number of aliphatic hydroxyl groups is 1. The number of benzene rings is 2. The fraction of sp³-hybridized carbons (Fsp3) is 0.385. The maximum Gasteiger partial charge on any atom is 0.264 e. The number of pyridine rings is 1. The summed E-state index contributed by atoms with van der Waals surface area (Å²) >= 11 is 0. The van der Waals surface area contributed by atoms with Crippen LogP contribution < -0.4 is 4.72 Å². The average molecular weight is 482 g/mol. The van der Waals surface area contributed by atoms with Gasteiger partial charge in [-0.15, -0.1) is 0 Å². The number of sulfonamides is 1. The summed E-state index contributed by atoms with van der Waals surface area (Å²) in [5.41, 5.74) is 0.527. The number of nitrogens with one attached hydrogen (secondary N) is 1. The second kappa shape index (κ2) is 9.00. The highest BCUT2D eigenvalue weighted by atomic mass is 32.2. The highest BCUT2D eigenvalue weighted by molar-refractivity contribution is 7.93. The van der Waals surface area contributed by atoms with Crippen molar-refractivity contribution in [2.75, 3.05) is 17.8 Å². The molecular formula is C26H31N3O4S. The molecule has 2 heterocycles. The molecular weight excluding hydrogens is 450 g/mol. The van der Waals surface area contributed by atoms with Gasteiger partial charge in [0.1, 0.15) is 4.90 Å². The standard InChI is InChI=1S/C26H31N3O4S/c1-25(2,3)18-26(31)13-16-29(17-14-26)24(30)20-9-11-21(12-10-20)28-34(32,33)22-8-4-6-19-7-5-15-27-23(19)22/h4-12,15,28,31H,13-14,16-18H2,1-3H3. The zero-order valence-corrected chi connectivity index (χ0v) is 20.6. The average Bonchev–Trinajstić information content (AvgIpc) is 2.77. The predicted octanol–water partition coefficient (Wildman–Crippen LogP) is 4.44. The third-order valence-electron chi connectivity index (χ3n) is 6.11. The van der Waals surface area contributed by atoms with Gasteiger partial charge in [-0.1, -0.05) is 39.0 Å². The summed E-state index contributed by atoms with van der Waals surface area (Å²) in [7, 11) is -3.86. The number of piperidine rings is 1. The molecule has 1 aromatic heterocycles. The molecule has 4 rings (SSSR count). The van der Waals surface area contributed by atoms with E-state index in [1.54, 1.807) is 47.5 Å². The van der Waals surface area contributed by atoms with Gasteiger partial charge in [-0.2, -0.15) is 0 Å². The molecule has 0 atom stereocenters. The summed E-state index contributed by atoms with van der Waals surface area (Å²) in [6, 6.07) is 15.0. The minimum absolute atomic E-state index is 0.0200. The molecule has 1 aliphatic rings. The summed E-state index contributed by atoms with van der Waals surface area (Å²) in [5, 5.41) is 11.6. The number of nitrogens with zero attached hydrogens (tertiary/aromatic N) is 2. The number of hydrogen-bond acceptors (Lipinski definition) is 5. The third-order valence-corrected chi connectivity index (χ3v) is 7.52. The Morgan fingerprint density at radius 3 is 2.35 bits per heavy atom. The normalized spacial score (nSPS) is 16.4. The number of rotatable bonds is 5. The summed E-state index contributed by atoms with van der Waals surface area (Å²) < 4.78 is 28.6. The van der Waals surface area contributed by atoms with Crippen molar-refractivity contribution in [3.63, 3.8) is 0 Å². The Balaban J connectivity index is 1.44. The molecule has 1 aliphatic heterocycles. The molecule has 7 nitrogen and oxygen atoms in total. The largest absolute Gasteiger partial charge is 0.390 e. The van der Waals surface area contributed by atoms with Crippen molar-refractivity contribution in [3.05, 3.63) is 66.4 Å². The van der Waals surface area contributed by atoms with Crippen molar-refractivity contribution < 1.29 is 18.3 Å². The van der Waals surface area contributed by atoms with Crippen LogP contribution in [0.25, 0.3) is 10.9 Å². The topological polar surface area (TPSA) is 99.6 Å². The lowest BCUT2D eigenvalue weighted by molar-refractivity contribution is -0.0436. The van der Waals surface area contributed by atoms with Gasteiger partial charge in [-0.25, -0.2) is 8.42 Å². The molecule has 2 N–H and O–H groups in total. The van der Waals surface area contributed by atoms with E-state index in [1.807, 2.05) is 12.1 Å². The van der Waals surface area contributed by atoms with Crippen LogP contribution in [0.15, 0.2) is 65.7 Å². The van der Waals surface area contributed by atoms with Gasteiger partial charge in [0.05, 0.1) is 11.1 Å². The van der Waals surface area contributed by atoms with Gasteiger partial charge in [0, 0.05) is 35.9 Å². The first-order valence-corrected chi connectivity index (χ1v) is 12.9. The Morgan fingerprint density at radius 1 is 1.06 bits per heavy atom. The number of carbonyl (C=O) groups excluding carboxylic acids is 1. The highest BCUT2D eigenvalue weighted by Gasteiger charge is 2.37. The van der Waals surface area contributed by atoms with Crippen LogP contribution in [0.1, 0.15) is 50.4 Å². The first-order valence-electron chi connectivity index (χ1n) is 11.4. The van der Waals surface area contributed by atoms with Crippen molar-refractivity contribution >= 4 is 32.5 Å². The lowest BCUT2D eigenvalue weighted by Crippen LogP contribution is -2.48. The number of fused-ring (bicyclic) bond motifs is 1. The van der Waals surface area contributed by atoms with Crippen LogP contribution in [-0.2, 0) is 10.0 Å². The van der Waals surface area contributed by atoms with Gasteiger partial charge >= 0.3 is 0 Å². The second-order valence-corrected chi connectivity index (χ2v) is 11.9. The van der Waals surface area contributed by atoms with Crippen LogP contribution in [-0.4, -0.2) is 48.0 Å². The lowest BCUT2D eigenvalue weighted by atomic mass is 9.77. The first-order chi connectivity index (χ1) is 16.0. The van der Waals surface area contributed by atoms with E-state index < -0.39 is 15.6 Å². The molecule has 8 heteroatoms. The molecule has 3 aromatic rings. The minimum Gasteiger partial charge on any atom is -0.390 e. The Hall–Kier alpha value is -2.97. The van der Waals surface area contributed by atoms with E-state index in [0.29, 0.717) is 49.1 Å². The number of likely N-dealkylation sites (tertiary alicyclic amines) is 1. The molecule has 1 fully saturated rings. The van der Waals surface area contributed by atoms with Crippen LogP contribution in [0, 0.1) is 5.41 Å². The molecule has 0 aliphatic carbocycles. The summed E-state index contributed by atoms with van der Waals surface area (Å²) in [6.07, 6.45) is 3.36. The van der Waals surface area contributed by atoms with Gasteiger partial charge in [0.2, 0.25) is 0 Å². The van der Waals surface area contributed by atoms with Crippen molar-refractivity contribution in [2.24, 2.45) is 5.41 Å². The lowest BCUT2D eigenvalue weighted by Gasteiger charge is -2.41. The number of anilines is 1. The monoisotopic (exact) mass is 481 g/mol. The molecule has 0 bridgehead atoms. The molecule has 0 spiro atoms. The Morgan fingerprint density at radius 2 is 1.71 bits per heavy atom. The summed E-state index contributed by atoms with van der Waals surface area (Å²) in [4.78, 5) is 19.0. The Kier molecular flexibility index (Phi) is 6.40. The fourth-order valence-corrected chi connectivity index (χ4v) is 5.90. The van der Waals surface area contributed by atoms with Crippen molar-refractivity contribution in [1.29, 1.82) is 0 Å². The summed E-state index contributed by atoms with van der Waals surface area (Å²) in [5.74, 6) is -0.120. The van der Waals surface area contributed by atoms with E-state index in [4.69, 9.17) is 0 Å². The Labute approximate surface area is 200 Å². The smallest absolute Gasteiger partial charge is 0.264 e. The highest BCUT2D eigenvalue weighted by Crippen LogP contribution is 2.35. The van der Waals surface area contributed by atoms with Gasteiger partial charge in [0.15, 0.2) is 0 Å². The van der Waals surface area contributed by atoms with Crippen LogP contribution >= 0.6 is 0 Å². The number of carbonyl (C=O) groups is 1. The van der Waals surface area contributed by atoms with Crippen molar-refractivity contribution in [1.82, 2.24) is 9.88 Å². The number of hydrogen-bond donors (Lipinski definition) is 2. The van der Waals surface area contributed by atoms with E-state index in [-0.39, 0.29) is 16.2 Å². The number of aromatic nitrogens is 1. The zero-order valence-electron chi connectivity index (χ0n) is 19.8. The molecule has 34 heavy (non-hydrogen) atoms. The van der Waals surface area contributed by atoms with E-state index in [0.717, 1.165) is 5.39 Å². The van der Waals surface area contributed by atoms with E-state index >= 15 is 0 Å². The Bertz CT molecular complexity index is 1280. The number of amides is 1. The van der Waals surface area contributed by atoms with Crippen molar-refractivity contribution in [3.8, 4) is 0 Å². The fourth-order valence-electron chi connectivity index (χ4n) is 4.66. The quantitative estimate of drug-likeness (QED) is 0.561. The van der Waals surface area contributed by atoms with Gasteiger partial charge in [0.25, 0.3) is 15.9 Å². The van der Waals surface area contributed by atoms with Crippen molar-refractivity contribution in [2.45, 2.75) is 50.5 Å². The van der Waals surface area contributed by atoms with Gasteiger partial charge in [-0.3, -0.25) is 14.5 Å². The summed E-state index contributed by atoms with van der Waals surface area (Å²) in [6.45, 7) is 7.31. The molecule has 2 aromatic carbocycles. The van der Waals surface area contributed by atoms with Crippen LogP contribution in [0.3, 0.4) is 0 Å². The van der Waals surface area contributed by atoms with E-state index in [2.05, 4.69) is 30.5 Å². The predicted molar refractivity (Wildman–Crippen MR) is 133 cm³/mol. The number of para-hydroxylation sites is 1. The van der Waals surface area contributed by atoms with Gasteiger partial charge < -0.3 is 10.0 Å². The third kappa shape index (κ3) is 5.39. The molecule has 180 valence electrons. The molecule has 1 amide bonds. The molecule has 0 saturated carbocycles. The maximum absolute atomic E-state index is 13.0. The minimum atomic E-state index is -3.86.